The number of rotatable bonds is 4. The molecule has 0 heterocycles. The molecule has 6 nitrogen and oxygen atoms in total. The van der Waals surface area contributed by atoms with E-state index in [2.05, 4.69) is 10.6 Å². The summed E-state index contributed by atoms with van der Waals surface area (Å²) in [4.78, 5) is 23.5. The van der Waals surface area contributed by atoms with Crippen molar-refractivity contribution in [3.63, 3.8) is 0 Å². The van der Waals surface area contributed by atoms with Crippen molar-refractivity contribution in [1.29, 1.82) is 0 Å². The number of hydrogen-bond acceptors (Lipinski definition) is 4. The van der Waals surface area contributed by atoms with E-state index >= 15 is 0 Å². The van der Waals surface area contributed by atoms with Crippen LogP contribution in [0.4, 0.5) is 11.4 Å². The molecule has 0 aliphatic carbocycles. The van der Waals surface area contributed by atoms with Gasteiger partial charge in [-0.05, 0) is 39.0 Å². The van der Waals surface area contributed by atoms with Crippen molar-refractivity contribution in [1.82, 2.24) is 10.6 Å². The molecule has 110 valence electrons. The van der Waals surface area contributed by atoms with E-state index in [4.69, 9.17) is 11.5 Å². The van der Waals surface area contributed by atoms with Crippen LogP contribution in [0.2, 0.25) is 0 Å². The van der Waals surface area contributed by atoms with Crippen LogP contribution in [-0.2, 0) is 4.79 Å². The molecule has 6 N–H and O–H groups in total. The largest absolute Gasteiger partial charge is 0.399 e. The summed E-state index contributed by atoms with van der Waals surface area (Å²) in [6.07, 6.45) is 0.220. The lowest BCUT2D eigenvalue weighted by Crippen LogP contribution is -2.42. The van der Waals surface area contributed by atoms with Crippen LogP contribution in [0.3, 0.4) is 0 Å². The van der Waals surface area contributed by atoms with Crippen molar-refractivity contribution in [3.8, 4) is 0 Å². The molecular weight excluding hydrogens is 256 g/mol. The Hall–Kier alpha value is -2.24. The lowest BCUT2D eigenvalue weighted by Gasteiger charge is -2.20. The summed E-state index contributed by atoms with van der Waals surface area (Å²) in [6.45, 7) is 5.96. The molecule has 0 aliphatic rings. The summed E-state index contributed by atoms with van der Waals surface area (Å²) in [5.74, 6) is -0.422. The fraction of sp³-hybridized carbons (Fsp3) is 0.429. The third-order valence-corrected chi connectivity index (χ3v) is 2.47. The smallest absolute Gasteiger partial charge is 0.253 e. The van der Waals surface area contributed by atoms with Crippen LogP contribution in [0.25, 0.3) is 0 Å². The summed E-state index contributed by atoms with van der Waals surface area (Å²) in [7, 11) is 0. The minimum absolute atomic E-state index is 0.108. The monoisotopic (exact) mass is 278 g/mol. The van der Waals surface area contributed by atoms with Crippen molar-refractivity contribution in [2.24, 2.45) is 0 Å². The van der Waals surface area contributed by atoms with Crippen LogP contribution in [0, 0.1) is 0 Å². The van der Waals surface area contributed by atoms with Gasteiger partial charge in [0.15, 0.2) is 0 Å². The van der Waals surface area contributed by atoms with E-state index in [9.17, 15) is 9.59 Å². The Kier molecular flexibility index (Phi) is 4.96. The van der Waals surface area contributed by atoms with Crippen LogP contribution in [-0.4, -0.2) is 23.9 Å². The average Bonchev–Trinajstić information content (AvgIpc) is 2.25. The van der Waals surface area contributed by atoms with Gasteiger partial charge in [-0.15, -0.1) is 0 Å². The molecule has 1 aromatic carbocycles. The summed E-state index contributed by atoms with van der Waals surface area (Å²) in [5.41, 5.74) is 12.2. The van der Waals surface area contributed by atoms with Gasteiger partial charge in [0.2, 0.25) is 5.91 Å². The number of nitrogens with one attached hydrogen (secondary N) is 2. The van der Waals surface area contributed by atoms with Crippen molar-refractivity contribution in [3.05, 3.63) is 23.8 Å². The molecule has 0 radical (unpaired) electrons. The fourth-order valence-electron chi connectivity index (χ4n) is 1.65. The highest BCUT2D eigenvalue weighted by atomic mass is 16.2. The molecule has 0 aromatic heterocycles. The summed E-state index contributed by atoms with van der Waals surface area (Å²) in [5, 5.41) is 5.48. The zero-order valence-corrected chi connectivity index (χ0v) is 12.1. The van der Waals surface area contributed by atoms with Crippen molar-refractivity contribution in [2.45, 2.75) is 32.7 Å². The van der Waals surface area contributed by atoms with Crippen LogP contribution in [0.1, 0.15) is 37.6 Å². The number of nitrogen functional groups attached to an aromatic ring is 2. The van der Waals surface area contributed by atoms with E-state index in [1.807, 2.05) is 20.8 Å². The molecule has 0 fully saturated rings. The number of amides is 2. The standard InChI is InChI=1S/C14H22N4O2/c1-14(2,3)18-12(19)6-7-17-13(20)10-5-4-9(15)8-11(10)16/h4-5,8H,6-7,15-16H2,1-3H3,(H,17,20)(H,18,19). The molecule has 0 atom stereocenters. The zero-order valence-electron chi connectivity index (χ0n) is 12.1. The van der Waals surface area contributed by atoms with Crippen molar-refractivity contribution < 1.29 is 9.59 Å². The lowest BCUT2D eigenvalue weighted by molar-refractivity contribution is -0.122. The Bertz CT molecular complexity index is 506. The number of carbonyl (C=O) groups is 2. The number of hydrogen-bond donors (Lipinski definition) is 4. The third kappa shape index (κ3) is 5.17. The molecule has 2 amide bonds. The van der Waals surface area contributed by atoms with Gasteiger partial charge < -0.3 is 22.1 Å². The molecule has 0 bridgehead atoms. The predicted octanol–water partition coefficient (Wildman–Crippen LogP) is 0.886. The van der Waals surface area contributed by atoms with E-state index in [0.29, 0.717) is 16.9 Å². The Morgan fingerprint density at radius 2 is 1.85 bits per heavy atom. The zero-order chi connectivity index (χ0) is 15.3. The normalized spacial score (nSPS) is 10.9. The van der Waals surface area contributed by atoms with E-state index in [0.717, 1.165) is 0 Å². The molecule has 0 saturated heterocycles. The van der Waals surface area contributed by atoms with Gasteiger partial charge >= 0.3 is 0 Å². The molecular formula is C14H22N4O2. The maximum Gasteiger partial charge on any atom is 0.253 e. The minimum atomic E-state index is -0.314. The first-order valence-corrected chi connectivity index (χ1v) is 6.43. The first kappa shape index (κ1) is 15.8. The lowest BCUT2D eigenvalue weighted by atomic mass is 10.1. The number of nitrogens with two attached hydrogens (primary N) is 2. The summed E-state index contributed by atoms with van der Waals surface area (Å²) in [6, 6.07) is 4.70. The Morgan fingerprint density at radius 3 is 2.40 bits per heavy atom. The van der Waals surface area contributed by atoms with Crippen molar-refractivity contribution in [2.75, 3.05) is 18.0 Å². The highest BCUT2D eigenvalue weighted by molar-refractivity contribution is 5.99. The van der Waals surface area contributed by atoms with E-state index in [1.165, 1.54) is 6.07 Å². The SMILES string of the molecule is CC(C)(C)NC(=O)CCNC(=O)c1ccc(N)cc1N. The van der Waals surface area contributed by atoms with Gasteiger partial charge in [-0.25, -0.2) is 0 Å². The highest BCUT2D eigenvalue weighted by Gasteiger charge is 2.14. The average molecular weight is 278 g/mol. The van der Waals surface area contributed by atoms with Crippen LogP contribution >= 0.6 is 0 Å². The van der Waals surface area contributed by atoms with E-state index in [-0.39, 0.29) is 30.3 Å². The minimum Gasteiger partial charge on any atom is -0.399 e. The van der Waals surface area contributed by atoms with Crippen LogP contribution in [0.15, 0.2) is 18.2 Å². The van der Waals surface area contributed by atoms with Crippen molar-refractivity contribution >= 4 is 23.2 Å². The second-order valence-corrected chi connectivity index (χ2v) is 5.65. The molecule has 1 rings (SSSR count). The third-order valence-electron chi connectivity index (χ3n) is 2.47. The van der Waals surface area contributed by atoms with Gasteiger partial charge in [0.25, 0.3) is 5.91 Å². The van der Waals surface area contributed by atoms with Gasteiger partial charge in [-0.1, -0.05) is 0 Å². The molecule has 1 aromatic rings. The topological polar surface area (TPSA) is 110 Å². The maximum atomic E-state index is 11.9. The second-order valence-electron chi connectivity index (χ2n) is 5.65. The van der Waals surface area contributed by atoms with Gasteiger partial charge in [0.1, 0.15) is 0 Å². The maximum absolute atomic E-state index is 11.9. The molecule has 6 heteroatoms. The summed E-state index contributed by atoms with van der Waals surface area (Å²) < 4.78 is 0. The van der Waals surface area contributed by atoms with E-state index in [1.54, 1.807) is 12.1 Å². The molecule has 0 aliphatic heterocycles. The number of anilines is 2. The second kappa shape index (κ2) is 6.27. The Morgan fingerprint density at radius 1 is 1.20 bits per heavy atom. The molecule has 20 heavy (non-hydrogen) atoms. The number of benzene rings is 1. The van der Waals surface area contributed by atoms with Crippen LogP contribution < -0.4 is 22.1 Å². The number of carbonyl (C=O) groups excluding carboxylic acids is 2. The van der Waals surface area contributed by atoms with Crippen LogP contribution in [0.5, 0.6) is 0 Å². The Labute approximate surface area is 118 Å². The van der Waals surface area contributed by atoms with Gasteiger partial charge in [-0.2, -0.15) is 0 Å². The molecule has 0 spiro atoms. The van der Waals surface area contributed by atoms with E-state index < -0.39 is 0 Å². The fourth-order valence-corrected chi connectivity index (χ4v) is 1.65. The highest BCUT2D eigenvalue weighted by Crippen LogP contribution is 2.15. The van der Waals surface area contributed by atoms with Gasteiger partial charge in [0.05, 0.1) is 5.56 Å². The van der Waals surface area contributed by atoms with Gasteiger partial charge in [-0.3, -0.25) is 9.59 Å². The first-order valence-electron chi connectivity index (χ1n) is 6.43. The first-order chi connectivity index (χ1) is 9.19. The molecule has 0 unspecified atom stereocenters. The van der Waals surface area contributed by atoms with Gasteiger partial charge in [0, 0.05) is 29.9 Å². The molecule has 0 saturated carbocycles. The Balaban J connectivity index is 2.46. The predicted molar refractivity (Wildman–Crippen MR) is 80.1 cm³/mol. The quantitative estimate of drug-likeness (QED) is 0.613. The summed E-state index contributed by atoms with van der Waals surface area (Å²) >= 11 is 0.